The number of benzene rings is 2. The number of aryl methyl sites for hydroxylation is 1. The summed E-state index contributed by atoms with van der Waals surface area (Å²) in [6, 6.07) is 20.9. The van der Waals surface area contributed by atoms with Crippen molar-refractivity contribution >= 4 is 16.9 Å². The van der Waals surface area contributed by atoms with E-state index in [0.717, 1.165) is 25.2 Å². The van der Waals surface area contributed by atoms with E-state index < -0.39 is 6.43 Å². The number of nitrogens with zero attached hydrogens (tertiary/aromatic N) is 5. The molecule has 0 radical (unpaired) electrons. The van der Waals surface area contributed by atoms with Crippen molar-refractivity contribution in [2.45, 2.75) is 26.4 Å². The number of halogens is 2. The molecule has 0 saturated carbocycles. The molecule has 0 bridgehead atoms. The van der Waals surface area contributed by atoms with Crippen LogP contribution in [0, 0.1) is 6.92 Å². The zero-order valence-electron chi connectivity index (χ0n) is 19.6. The fraction of sp³-hybridized carbons (Fsp3) is 0.296. The molecule has 0 aliphatic carbocycles. The van der Waals surface area contributed by atoms with Crippen LogP contribution in [0.3, 0.4) is 0 Å². The summed E-state index contributed by atoms with van der Waals surface area (Å²) >= 11 is 0. The van der Waals surface area contributed by atoms with Crippen molar-refractivity contribution in [2.24, 2.45) is 0 Å². The number of carbonyl (C=O) groups is 1. The Morgan fingerprint density at radius 3 is 2.29 bits per heavy atom. The lowest BCUT2D eigenvalue weighted by atomic mass is 10.1. The van der Waals surface area contributed by atoms with Gasteiger partial charge in [-0.3, -0.25) is 9.69 Å². The lowest BCUT2D eigenvalue weighted by Gasteiger charge is -2.34. The first-order valence-corrected chi connectivity index (χ1v) is 11.8. The standard InChI is InChI=1S/C27H27F2N5O/c1-19-25-22(26(28)29)16-23(21-10-6-3-7-11-21)30-27(25)34(31-19)18-24(35)33-14-12-32(13-15-33)17-20-8-4-2-5-9-20/h2-11,16,26H,12-15,17-18H2,1H3. The number of pyridine rings is 1. The van der Waals surface area contributed by atoms with Crippen LogP contribution < -0.4 is 0 Å². The first-order chi connectivity index (χ1) is 17.0. The van der Waals surface area contributed by atoms with Gasteiger partial charge < -0.3 is 4.90 Å². The average molecular weight is 476 g/mol. The Balaban J connectivity index is 1.35. The third-order valence-corrected chi connectivity index (χ3v) is 6.47. The van der Waals surface area contributed by atoms with E-state index >= 15 is 0 Å². The maximum Gasteiger partial charge on any atom is 0.264 e. The molecule has 6 nitrogen and oxygen atoms in total. The van der Waals surface area contributed by atoms with Crippen molar-refractivity contribution in [1.29, 1.82) is 0 Å². The summed E-state index contributed by atoms with van der Waals surface area (Å²) < 4.78 is 29.4. The van der Waals surface area contributed by atoms with Gasteiger partial charge in [-0.2, -0.15) is 5.10 Å². The summed E-state index contributed by atoms with van der Waals surface area (Å²) in [6.07, 6.45) is -2.67. The molecule has 1 aliphatic rings. The summed E-state index contributed by atoms with van der Waals surface area (Å²) in [4.78, 5) is 21.9. The van der Waals surface area contributed by atoms with E-state index in [0.29, 0.717) is 35.5 Å². The molecule has 0 unspecified atom stereocenters. The number of amides is 1. The van der Waals surface area contributed by atoms with Gasteiger partial charge in [-0.05, 0) is 18.6 Å². The van der Waals surface area contributed by atoms with Crippen LogP contribution in [0.5, 0.6) is 0 Å². The van der Waals surface area contributed by atoms with Crippen molar-refractivity contribution < 1.29 is 13.6 Å². The average Bonchev–Trinajstić information content (AvgIpc) is 3.19. The normalized spacial score (nSPS) is 14.7. The minimum atomic E-state index is -2.67. The lowest BCUT2D eigenvalue weighted by molar-refractivity contribution is -0.133. The lowest BCUT2D eigenvalue weighted by Crippen LogP contribution is -2.49. The summed E-state index contributed by atoms with van der Waals surface area (Å²) in [5.41, 5.74) is 3.08. The Bertz CT molecular complexity index is 1320. The van der Waals surface area contributed by atoms with Gasteiger partial charge >= 0.3 is 0 Å². The Morgan fingerprint density at radius 2 is 1.63 bits per heavy atom. The van der Waals surface area contributed by atoms with Gasteiger partial charge in [0, 0.05) is 43.9 Å². The van der Waals surface area contributed by atoms with Gasteiger partial charge in [0.1, 0.15) is 6.54 Å². The largest absolute Gasteiger partial charge is 0.339 e. The minimum Gasteiger partial charge on any atom is -0.339 e. The highest BCUT2D eigenvalue weighted by Crippen LogP contribution is 2.33. The molecule has 0 spiro atoms. The number of hydrogen-bond acceptors (Lipinski definition) is 4. The van der Waals surface area contributed by atoms with Gasteiger partial charge in [0.05, 0.1) is 16.8 Å². The highest BCUT2D eigenvalue weighted by Gasteiger charge is 2.25. The van der Waals surface area contributed by atoms with Gasteiger partial charge in [-0.25, -0.2) is 18.4 Å². The second kappa shape index (κ2) is 9.92. The Hall–Kier alpha value is -3.65. The van der Waals surface area contributed by atoms with E-state index in [4.69, 9.17) is 0 Å². The number of alkyl halides is 2. The van der Waals surface area contributed by atoms with E-state index in [2.05, 4.69) is 27.1 Å². The highest BCUT2D eigenvalue weighted by molar-refractivity contribution is 5.87. The fourth-order valence-electron chi connectivity index (χ4n) is 4.65. The molecule has 5 rings (SSSR count). The van der Waals surface area contributed by atoms with E-state index in [-0.39, 0.29) is 18.0 Å². The number of aromatic nitrogens is 3. The van der Waals surface area contributed by atoms with Gasteiger partial charge in [0.2, 0.25) is 5.91 Å². The number of rotatable bonds is 6. The summed E-state index contributed by atoms with van der Waals surface area (Å²) in [6.45, 7) is 5.31. The van der Waals surface area contributed by atoms with Crippen molar-refractivity contribution in [3.8, 4) is 11.3 Å². The van der Waals surface area contributed by atoms with E-state index in [1.165, 1.54) is 16.3 Å². The second-order valence-electron chi connectivity index (χ2n) is 8.85. The first kappa shape index (κ1) is 23.1. The topological polar surface area (TPSA) is 54.3 Å². The Kier molecular flexibility index (Phi) is 6.55. The molecule has 1 fully saturated rings. The second-order valence-corrected chi connectivity index (χ2v) is 8.85. The van der Waals surface area contributed by atoms with Crippen LogP contribution in [0.1, 0.15) is 23.2 Å². The predicted molar refractivity (Wildman–Crippen MR) is 131 cm³/mol. The number of hydrogen-bond donors (Lipinski definition) is 0. The smallest absolute Gasteiger partial charge is 0.264 e. The van der Waals surface area contributed by atoms with Crippen LogP contribution in [0.4, 0.5) is 8.78 Å². The SMILES string of the molecule is Cc1nn(CC(=O)N2CCN(Cc3ccccc3)CC2)c2nc(-c3ccccc3)cc(C(F)F)c12. The van der Waals surface area contributed by atoms with Crippen LogP contribution in [-0.2, 0) is 17.9 Å². The number of fused-ring (bicyclic) bond motifs is 1. The van der Waals surface area contributed by atoms with E-state index in [1.807, 2.05) is 53.4 Å². The van der Waals surface area contributed by atoms with Crippen LogP contribution >= 0.6 is 0 Å². The van der Waals surface area contributed by atoms with Crippen LogP contribution in [0.2, 0.25) is 0 Å². The quantitative estimate of drug-likeness (QED) is 0.406. The van der Waals surface area contributed by atoms with Crippen molar-refractivity contribution in [3.63, 3.8) is 0 Å². The predicted octanol–water partition coefficient (Wildman–Crippen LogP) is 4.69. The molecule has 0 N–H and O–H groups in total. The Morgan fingerprint density at radius 1 is 0.971 bits per heavy atom. The van der Waals surface area contributed by atoms with Gasteiger partial charge in [-0.1, -0.05) is 60.7 Å². The molecule has 1 amide bonds. The number of carbonyl (C=O) groups excluding carboxylic acids is 1. The molecule has 8 heteroatoms. The molecule has 180 valence electrons. The molecule has 3 heterocycles. The van der Waals surface area contributed by atoms with Crippen molar-refractivity contribution in [2.75, 3.05) is 26.2 Å². The van der Waals surface area contributed by atoms with Gasteiger partial charge in [-0.15, -0.1) is 0 Å². The summed E-state index contributed by atoms with van der Waals surface area (Å²) in [5.74, 6) is -0.0840. The van der Waals surface area contributed by atoms with Crippen LogP contribution in [0.15, 0.2) is 66.7 Å². The van der Waals surface area contributed by atoms with E-state index in [1.54, 1.807) is 6.92 Å². The molecule has 2 aromatic heterocycles. The maximum atomic E-state index is 14.0. The zero-order chi connectivity index (χ0) is 24.4. The summed E-state index contributed by atoms with van der Waals surface area (Å²) in [5, 5.41) is 4.76. The summed E-state index contributed by atoms with van der Waals surface area (Å²) in [7, 11) is 0. The van der Waals surface area contributed by atoms with Crippen LogP contribution in [-0.4, -0.2) is 56.7 Å². The third kappa shape index (κ3) is 4.93. The van der Waals surface area contributed by atoms with Crippen molar-refractivity contribution in [1.82, 2.24) is 24.6 Å². The van der Waals surface area contributed by atoms with E-state index in [9.17, 15) is 13.6 Å². The molecular weight excluding hydrogens is 448 g/mol. The third-order valence-electron chi connectivity index (χ3n) is 6.47. The molecule has 35 heavy (non-hydrogen) atoms. The van der Waals surface area contributed by atoms with Crippen molar-refractivity contribution in [3.05, 3.63) is 83.6 Å². The molecule has 2 aromatic carbocycles. The monoisotopic (exact) mass is 475 g/mol. The zero-order valence-corrected chi connectivity index (χ0v) is 19.6. The maximum absolute atomic E-state index is 14.0. The van der Waals surface area contributed by atoms with Gasteiger partial charge in [0.25, 0.3) is 6.43 Å². The van der Waals surface area contributed by atoms with Crippen LogP contribution in [0.25, 0.3) is 22.3 Å². The highest BCUT2D eigenvalue weighted by atomic mass is 19.3. The molecule has 1 aliphatic heterocycles. The molecule has 1 saturated heterocycles. The number of piperazine rings is 1. The molecule has 0 atom stereocenters. The molecular formula is C27H27F2N5O. The first-order valence-electron chi connectivity index (χ1n) is 11.8. The Labute approximate surface area is 202 Å². The fourth-order valence-corrected chi connectivity index (χ4v) is 4.65. The minimum absolute atomic E-state index is 0.0308. The molecule has 4 aromatic rings. The van der Waals surface area contributed by atoms with Gasteiger partial charge in [0.15, 0.2) is 5.65 Å².